The van der Waals surface area contributed by atoms with Crippen LogP contribution in [0, 0.1) is 6.92 Å². The van der Waals surface area contributed by atoms with Crippen LogP contribution in [0.5, 0.6) is 0 Å². The number of hydrogen-bond acceptors (Lipinski definition) is 2. The highest BCUT2D eigenvalue weighted by Gasteiger charge is 2.10. The van der Waals surface area contributed by atoms with Crippen LogP contribution in [0.15, 0.2) is 24.3 Å². The monoisotopic (exact) mass is 270 g/mol. The molecule has 1 atom stereocenters. The minimum Gasteiger partial charge on any atom is -0.385 e. The maximum Gasteiger partial charge on any atom is 0.0487 e. The van der Waals surface area contributed by atoms with E-state index in [0.717, 1.165) is 32.7 Å². The number of halogens is 1. The summed E-state index contributed by atoms with van der Waals surface area (Å²) < 4.78 is 10.6. The van der Waals surface area contributed by atoms with Gasteiger partial charge in [0.1, 0.15) is 0 Å². The van der Waals surface area contributed by atoms with Crippen molar-refractivity contribution >= 4 is 11.6 Å². The van der Waals surface area contributed by atoms with Crippen molar-refractivity contribution in [1.82, 2.24) is 0 Å². The van der Waals surface area contributed by atoms with E-state index < -0.39 is 0 Å². The van der Waals surface area contributed by atoms with Gasteiger partial charge in [-0.2, -0.15) is 0 Å². The first-order valence-corrected chi connectivity index (χ1v) is 7.00. The topological polar surface area (TPSA) is 18.5 Å². The van der Waals surface area contributed by atoms with Gasteiger partial charge in [0, 0.05) is 32.8 Å². The van der Waals surface area contributed by atoms with Gasteiger partial charge >= 0.3 is 0 Å². The van der Waals surface area contributed by atoms with Crippen LogP contribution in [0.1, 0.15) is 29.9 Å². The predicted octanol–water partition coefficient (Wildman–Crippen LogP) is 3.76. The molecule has 1 aromatic rings. The van der Waals surface area contributed by atoms with Gasteiger partial charge in [0.05, 0.1) is 0 Å². The van der Waals surface area contributed by atoms with Crippen LogP contribution in [0.25, 0.3) is 0 Å². The zero-order chi connectivity index (χ0) is 13.2. The fourth-order valence-corrected chi connectivity index (χ4v) is 2.22. The Morgan fingerprint density at radius 1 is 1.22 bits per heavy atom. The minimum absolute atomic E-state index is 0.383. The molecule has 0 aromatic heterocycles. The Bertz CT molecular complexity index is 328. The van der Waals surface area contributed by atoms with Crippen LogP contribution in [0.4, 0.5) is 0 Å². The average molecular weight is 271 g/mol. The van der Waals surface area contributed by atoms with Crippen molar-refractivity contribution in [2.45, 2.75) is 25.7 Å². The van der Waals surface area contributed by atoms with E-state index in [2.05, 4.69) is 31.2 Å². The molecule has 0 aliphatic carbocycles. The van der Waals surface area contributed by atoms with E-state index in [-0.39, 0.29) is 0 Å². The molecule has 0 aliphatic heterocycles. The van der Waals surface area contributed by atoms with Crippen molar-refractivity contribution in [1.29, 1.82) is 0 Å². The second-order valence-electron chi connectivity index (χ2n) is 4.51. The van der Waals surface area contributed by atoms with Crippen molar-refractivity contribution in [3.05, 3.63) is 35.4 Å². The van der Waals surface area contributed by atoms with Crippen molar-refractivity contribution in [2.75, 3.05) is 32.8 Å². The fourth-order valence-electron chi connectivity index (χ4n) is 1.89. The molecule has 0 saturated carbocycles. The third-order valence-electron chi connectivity index (χ3n) is 2.95. The Morgan fingerprint density at radius 2 is 2.06 bits per heavy atom. The molecule has 1 aromatic carbocycles. The summed E-state index contributed by atoms with van der Waals surface area (Å²) in [6.07, 6.45) is 1.92. The van der Waals surface area contributed by atoms with Gasteiger partial charge in [-0.05, 0) is 31.2 Å². The van der Waals surface area contributed by atoms with E-state index in [1.165, 1.54) is 11.1 Å². The number of alkyl halides is 1. The molecule has 3 heteroatoms. The Labute approximate surface area is 115 Å². The van der Waals surface area contributed by atoms with E-state index >= 15 is 0 Å². The fraction of sp³-hybridized carbons (Fsp3) is 0.600. The zero-order valence-electron chi connectivity index (χ0n) is 11.3. The number of benzene rings is 1. The van der Waals surface area contributed by atoms with E-state index in [1.807, 2.05) is 0 Å². The molecule has 0 fully saturated rings. The number of rotatable bonds is 9. The maximum atomic E-state index is 6.04. The first-order chi connectivity index (χ1) is 8.77. The molecule has 0 heterocycles. The van der Waals surface area contributed by atoms with Gasteiger partial charge in [-0.1, -0.05) is 29.8 Å². The highest BCUT2D eigenvalue weighted by atomic mass is 35.5. The van der Waals surface area contributed by atoms with Crippen LogP contribution in [-0.2, 0) is 9.47 Å². The minimum atomic E-state index is 0.383. The van der Waals surface area contributed by atoms with Gasteiger partial charge in [-0.25, -0.2) is 0 Å². The molecule has 0 saturated heterocycles. The lowest BCUT2D eigenvalue weighted by atomic mass is 9.96. The molecule has 0 spiro atoms. The Kier molecular flexibility index (Phi) is 8.06. The molecule has 0 N–H and O–H groups in total. The summed E-state index contributed by atoms with van der Waals surface area (Å²) in [7, 11) is 1.71. The van der Waals surface area contributed by atoms with E-state index in [1.54, 1.807) is 7.11 Å². The summed E-state index contributed by atoms with van der Waals surface area (Å²) in [6.45, 7) is 4.39. The van der Waals surface area contributed by atoms with Crippen LogP contribution in [0.3, 0.4) is 0 Å². The van der Waals surface area contributed by atoms with Crippen molar-refractivity contribution < 1.29 is 9.47 Å². The predicted molar refractivity (Wildman–Crippen MR) is 76.6 cm³/mol. The molecule has 1 unspecified atom stereocenters. The Balaban J connectivity index is 2.29. The summed E-state index contributed by atoms with van der Waals surface area (Å²) in [4.78, 5) is 0. The van der Waals surface area contributed by atoms with Gasteiger partial charge in [0.25, 0.3) is 0 Å². The Morgan fingerprint density at radius 3 is 2.72 bits per heavy atom. The summed E-state index contributed by atoms with van der Waals surface area (Å²) in [5.74, 6) is 1.03. The van der Waals surface area contributed by atoms with Crippen molar-refractivity contribution in [3.8, 4) is 0 Å². The first kappa shape index (κ1) is 15.5. The van der Waals surface area contributed by atoms with E-state index in [4.69, 9.17) is 21.1 Å². The van der Waals surface area contributed by atoms with Crippen LogP contribution in [-0.4, -0.2) is 32.8 Å². The van der Waals surface area contributed by atoms with E-state index in [9.17, 15) is 0 Å². The molecule has 102 valence electrons. The lowest BCUT2D eigenvalue weighted by Gasteiger charge is -2.15. The lowest BCUT2D eigenvalue weighted by molar-refractivity contribution is 0.0990. The number of methoxy groups -OCH3 is 1. The summed E-state index contributed by atoms with van der Waals surface area (Å²) in [5, 5.41) is 0. The third-order valence-corrected chi connectivity index (χ3v) is 3.32. The molecule has 0 aliphatic rings. The standard InChI is InChI=1S/C15H23ClO2/c1-13-5-3-6-14(11-13)15(12-16)7-10-18-9-4-8-17-2/h3,5-6,11,15H,4,7-10,12H2,1-2H3. The highest BCUT2D eigenvalue weighted by molar-refractivity contribution is 6.18. The molecular formula is C15H23ClO2. The van der Waals surface area contributed by atoms with Gasteiger partial charge < -0.3 is 9.47 Å². The largest absolute Gasteiger partial charge is 0.385 e. The van der Waals surface area contributed by atoms with Crippen molar-refractivity contribution in [3.63, 3.8) is 0 Å². The zero-order valence-corrected chi connectivity index (χ0v) is 12.1. The quantitative estimate of drug-likeness (QED) is 0.502. The third kappa shape index (κ3) is 5.85. The smallest absolute Gasteiger partial charge is 0.0487 e. The highest BCUT2D eigenvalue weighted by Crippen LogP contribution is 2.22. The molecule has 0 radical (unpaired) electrons. The lowest BCUT2D eigenvalue weighted by Crippen LogP contribution is -2.07. The van der Waals surface area contributed by atoms with Crippen molar-refractivity contribution in [2.24, 2.45) is 0 Å². The van der Waals surface area contributed by atoms with Crippen LogP contribution in [0.2, 0.25) is 0 Å². The molecule has 0 bridgehead atoms. The summed E-state index contributed by atoms with van der Waals surface area (Å²) in [5.41, 5.74) is 2.59. The van der Waals surface area contributed by atoms with Gasteiger partial charge in [-0.15, -0.1) is 11.6 Å². The van der Waals surface area contributed by atoms with Crippen LogP contribution >= 0.6 is 11.6 Å². The van der Waals surface area contributed by atoms with E-state index in [0.29, 0.717) is 11.8 Å². The van der Waals surface area contributed by atoms with Crippen LogP contribution < -0.4 is 0 Å². The molecule has 1 rings (SSSR count). The SMILES string of the molecule is COCCCOCCC(CCl)c1cccc(C)c1. The second-order valence-corrected chi connectivity index (χ2v) is 4.82. The van der Waals surface area contributed by atoms with Gasteiger partial charge in [-0.3, -0.25) is 0 Å². The Hall–Kier alpha value is -0.570. The number of ether oxygens (including phenoxy) is 2. The second kappa shape index (κ2) is 9.37. The molecule has 0 amide bonds. The first-order valence-electron chi connectivity index (χ1n) is 6.47. The molecule has 2 nitrogen and oxygen atoms in total. The molecular weight excluding hydrogens is 248 g/mol. The number of aryl methyl sites for hydroxylation is 1. The molecule has 18 heavy (non-hydrogen) atoms. The summed E-state index contributed by atoms with van der Waals surface area (Å²) in [6, 6.07) is 8.54. The van der Waals surface area contributed by atoms with Gasteiger partial charge in [0.15, 0.2) is 0 Å². The summed E-state index contributed by atoms with van der Waals surface area (Å²) >= 11 is 6.04. The average Bonchev–Trinajstić information content (AvgIpc) is 2.38. The van der Waals surface area contributed by atoms with Gasteiger partial charge in [0.2, 0.25) is 0 Å². The maximum absolute atomic E-state index is 6.04. The normalized spacial score (nSPS) is 12.6. The number of hydrogen-bond donors (Lipinski definition) is 0.